The summed E-state index contributed by atoms with van der Waals surface area (Å²) in [7, 11) is 0. The van der Waals surface area contributed by atoms with Crippen LogP contribution in [0.15, 0.2) is 34.5 Å². The van der Waals surface area contributed by atoms with Gasteiger partial charge in [-0.2, -0.15) is 10.2 Å². The molecule has 1 aliphatic heterocycles. The number of benzene rings is 1. The van der Waals surface area contributed by atoms with E-state index in [9.17, 15) is 0 Å². The summed E-state index contributed by atoms with van der Waals surface area (Å²) in [5.74, 6) is 3.10. The summed E-state index contributed by atoms with van der Waals surface area (Å²) >= 11 is 0. The molecule has 0 amide bonds. The van der Waals surface area contributed by atoms with Gasteiger partial charge in [0, 0.05) is 5.41 Å². The van der Waals surface area contributed by atoms with E-state index in [2.05, 4.69) is 48.3 Å². The highest BCUT2D eigenvalue weighted by molar-refractivity contribution is 5.46. The van der Waals surface area contributed by atoms with Gasteiger partial charge in [-0.05, 0) is 41.2 Å². The summed E-state index contributed by atoms with van der Waals surface area (Å²) < 4.78 is 0. The van der Waals surface area contributed by atoms with Crippen LogP contribution >= 0.6 is 0 Å². The summed E-state index contributed by atoms with van der Waals surface area (Å²) in [4.78, 5) is 0. The lowest BCUT2D eigenvalue weighted by molar-refractivity contribution is 0.301. The number of hydrogen-bond donors (Lipinski definition) is 0. The Morgan fingerprint density at radius 2 is 1.44 bits per heavy atom. The van der Waals surface area contributed by atoms with E-state index in [1.54, 1.807) is 11.1 Å². The van der Waals surface area contributed by atoms with Gasteiger partial charge in [-0.1, -0.05) is 38.1 Å². The first-order valence-corrected chi connectivity index (χ1v) is 7.18. The van der Waals surface area contributed by atoms with E-state index in [4.69, 9.17) is 0 Å². The first-order chi connectivity index (χ1) is 8.69. The molecule has 4 aliphatic rings. The number of hydrogen-bond acceptors (Lipinski definition) is 2. The van der Waals surface area contributed by atoms with Crippen LogP contribution in [0.2, 0.25) is 0 Å². The topological polar surface area (TPSA) is 24.7 Å². The van der Waals surface area contributed by atoms with Crippen LogP contribution in [0, 0.1) is 17.3 Å². The summed E-state index contributed by atoms with van der Waals surface area (Å²) in [6, 6.07) is 10.1. The second-order valence-corrected chi connectivity index (χ2v) is 7.17. The molecule has 0 aromatic heterocycles. The van der Waals surface area contributed by atoms with Crippen LogP contribution in [-0.4, -0.2) is 12.1 Å². The lowest BCUT2D eigenvalue weighted by atomic mass is 9.75. The number of rotatable bonds is 0. The Labute approximate surface area is 108 Å². The van der Waals surface area contributed by atoms with Gasteiger partial charge >= 0.3 is 0 Å². The van der Waals surface area contributed by atoms with Crippen molar-refractivity contribution in [3.8, 4) is 0 Å². The molecule has 1 heterocycles. The van der Waals surface area contributed by atoms with Crippen LogP contribution in [0.3, 0.4) is 0 Å². The molecule has 2 saturated carbocycles. The maximum Gasteiger partial charge on any atom is 0.0817 e. The van der Waals surface area contributed by atoms with Gasteiger partial charge in [0.25, 0.3) is 0 Å². The number of nitrogens with zero attached hydrogens (tertiary/aromatic N) is 2. The molecular formula is C16H18N2. The highest BCUT2D eigenvalue weighted by Crippen LogP contribution is 2.70. The van der Waals surface area contributed by atoms with Crippen molar-refractivity contribution in [3.05, 3.63) is 35.4 Å². The van der Waals surface area contributed by atoms with E-state index in [0.29, 0.717) is 17.5 Å². The Morgan fingerprint density at radius 1 is 0.944 bits per heavy atom. The van der Waals surface area contributed by atoms with E-state index in [1.165, 1.54) is 6.42 Å². The van der Waals surface area contributed by atoms with Gasteiger partial charge in [-0.25, -0.2) is 0 Å². The average molecular weight is 238 g/mol. The Kier molecular flexibility index (Phi) is 1.46. The molecule has 18 heavy (non-hydrogen) atoms. The molecular weight excluding hydrogens is 220 g/mol. The van der Waals surface area contributed by atoms with Gasteiger partial charge in [0.2, 0.25) is 0 Å². The van der Waals surface area contributed by atoms with Crippen LogP contribution in [0.4, 0.5) is 0 Å². The second kappa shape index (κ2) is 2.71. The summed E-state index contributed by atoms with van der Waals surface area (Å²) in [5.41, 5.74) is 3.55. The highest BCUT2D eigenvalue weighted by Gasteiger charge is 2.68. The maximum absolute atomic E-state index is 4.62. The number of fused-ring (bicyclic) bond motifs is 12. The average Bonchev–Trinajstić information content (AvgIpc) is 3.06. The number of azo groups is 1. The van der Waals surface area contributed by atoms with Crippen LogP contribution in [-0.2, 0) is 0 Å². The maximum atomic E-state index is 4.62. The fourth-order valence-corrected chi connectivity index (χ4v) is 5.60. The zero-order valence-corrected chi connectivity index (χ0v) is 10.9. The van der Waals surface area contributed by atoms with Crippen LogP contribution in [0.5, 0.6) is 0 Å². The minimum Gasteiger partial charge on any atom is -0.190 e. The molecule has 5 rings (SSSR count). The van der Waals surface area contributed by atoms with Crippen LogP contribution < -0.4 is 0 Å². The smallest absolute Gasteiger partial charge is 0.0817 e. The van der Waals surface area contributed by atoms with Gasteiger partial charge < -0.3 is 0 Å². The molecule has 0 unspecified atom stereocenters. The molecule has 2 fully saturated rings. The normalized spacial score (nSPS) is 48.6. The van der Waals surface area contributed by atoms with Gasteiger partial charge in [0.15, 0.2) is 0 Å². The monoisotopic (exact) mass is 238 g/mol. The molecule has 0 saturated heterocycles. The molecule has 1 aromatic carbocycles. The largest absolute Gasteiger partial charge is 0.190 e. The fraction of sp³-hybridized carbons (Fsp3) is 0.625. The van der Waals surface area contributed by atoms with Crippen molar-refractivity contribution in [3.63, 3.8) is 0 Å². The molecule has 2 heteroatoms. The van der Waals surface area contributed by atoms with Gasteiger partial charge in [0.05, 0.1) is 12.1 Å². The summed E-state index contributed by atoms with van der Waals surface area (Å²) in [5, 5.41) is 9.23. The zero-order valence-electron chi connectivity index (χ0n) is 10.9. The van der Waals surface area contributed by atoms with Crippen molar-refractivity contribution in [2.24, 2.45) is 27.5 Å². The Bertz CT molecular complexity index is 527. The molecule has 1 aromatic rings. The van der Waals surface area contributed by atoms with Gasteiger partial charge in [0.1, 0.15) is 0 Å². The molecule has 3 aliphatic carbocycles. The lowest BCUT2D eigenvalue weighted by Gasteiger charge is -2.31. The van der Waals surface area contributed by atoms with E-state index in [-0.39, 0.29) is 0 Å². The fourth-order valence-electron chi connectivity index (χ4n) is 5.60. The molecule has 92 valence electrons. The third-order valence-corrected chi connectivity index (χ3v) is 6.25. The summed E-state index contributed by atoms with van der Waals surface area (Å²) in [6.45, 7) is 4.76. The predicted octanol–water partition coefficient (Wildman–Crippen LogP) is 3.75. The molecule has 4 bridgehead atoms. The highest BCUT2D eigenvalue weighted by atomic mass is 15.2. The summed E-state index contributed by atoms with van der Waals surface area (Å²) in [6.07, 6.45) is 1.36. The second-order valence-electron chi connectivity index (χ2n) is 7.17. The van der Waals surface area contributed by atoms with Crippen molar-refractivity contribution < 1.29 is 0 Å². The SMILES string of the molecule is CC1(C)[C@@H]2N=N[C@H]1[C@@H]1[C@H]2[C@@H]2C[C@H]1c1ccccc12. The first kappa shape index (κ1) is 9.71. The Morgan fingerprint density at radius 3 is 1.94 bits per heavy atom. The van der Waals surface area contributed by atoms with E-state index in [1.807, 2.05) is 0 Å². The molecule has 0 spiro atoms. The lowest BCUT2D eigenvalue weighted by Crippen LogP contribution is -2.29. The molecule has 6 atom stereocenters. The standard InChI is InChI=1S/C16H18N2/c1-16(2)14-12-10-7-11(13(12)15(16)18-17-14)9-6-4-3-5-8(9)10/h3-6,10-15H,7H2,1-2H3/t10-,11+,12-,13+,14-,15+. The Hall–Kier alpha value is -1.18. The van der Waals surface area contributed by atoms with Crippen molar-refractivity contribution in [2.75, 3.05) is 0 Å². The van der Waals surface area contributed by atoms with E-state index < -0.39 is 0 Å². The third kappa shape index (κ3) is 0.818. The van der Waals surface area contributed by atoms with E-state index >= 15 is 0 Å². The minimum atomic E-state index is 0.300. The van der Waals surface area contributed by atoms with Crippen LogP contribution in [0.25, 0.3) is 0 Å². The van der Waals surface area contributed by atoms with E-state index in [0.717, 1.165) is 23.7 Å². The van der Waals surface area contributed by atoms with Gasteiger partial charge in [-0.15, -0.1) is 0 Å². The van der Waals surface area contributed by atoms with Crippen molar-refractivity contribution in [1.29, 1.82) is 0 Å². The molecule has 0 radical (unpaired) electrons. The van der Waals surface area contributed by atoms with Gasteiger partial charge in [-0.3, -0.25) is 0 Å². The van der Waals surface area contributed by atoms with Crippen molar-refractivity contribution >= 4 is 0 Å². The molecule has 0 N–H and O–H groups in total. The van der Waals surface area contributed by atoms with Crippen molar-refractivity contribution in [1.82, 2.24) is 0 Å². The van der Waals surface area contributed by atoms with Crippen LogP contribution in [0.1, 0.15) is 43.2 Å². The minimum absolute atomic E-state index is 0.300. The third-order valence-electron chi connectivity index (χ3n) is 6.25. The first-order valence-electron chi connectivity index (χ1n) is 7.18. The predicted molar refractivity (Wildman–Crippen MR) is 69.7 cm³/mol. The van der Waals surface area contributed by atoms with Crippen molar-refractivity contribution in [2.45, 2.75) is 44.2 Å². The zero-order chi connectivity index (χ0) is 12.1. The Balaban J connectivity index is 1.71. The molecule has 2 nitrogen and oxygen atoms in total. The quantitative estimate of drug-likeness (QED) is 0.615.